The Kier molecular flexibility index (Phi) is 8.34. The van der Waals surface area contributed by atoms with E-state index in [1.807, 2.05) is 0 Å². The first-order valence-corrected chi connectivity index (χ1v) is 10.6. The number of hydrogen-bond acceptors (Lipinski definition) is 8. The zero-order chi connectivity index (χ0) is 19.6. The molecule has 0 atom stereocenters. The van der Waals surface area contributed by atoms with E-state index in [1.54, 1.807) is 24.3 Å². The Labute approximate surface area is 163 Å². The second-order valence-corrected chi connectivity index (χ2v) is 8.14. The minimum Gasteiger partial charge on any atom is -0.351 e. The Morgan fingerprint density at radius 3 is 2.33 bits per heavy atom. The van der Waals surface area contributed by atoms with Gasteiger partial charge in [-0.2, -0.15) is 0 Å². The van der Waals surface area contributed by atoms with Gasteiger partial charge in [0.05, 0.1) is 6.42 Å². The molecular formula is C17H18N2O6S2. The zero-order valence-electron chi connectivity index (χ0n) is 14.3. The predicted octanol–water partition coefficient (Wildman–Crippen LogP) is 1.61. The lowest BCUT2D eigenvalue weighted by atomic mass is 10.1. The maximum atomic E-state index is 11.9. The fourth-order valence-electron chi connectivity index (χ4n) is 2.07. The van der Waals surface area contributed by atoms with Crippen LogP contribution in [0.3, 0.4) is 0 Å². The van der Waals surface area contributed by atoms with Crippen LogP contribution in [0.1, 0.15) is 40.0 Å². The van der Waals surface area contributed by atoms with Crippen molar-refractivity contribution in [3.8, 4) is 0 Å². The van der Waals surface area contributed by atoms with Gasteiger partial charge in [0.25, 0.3) is 17.7 Å². The lowest BCUT2D eigenvalue weighted by Crippen LogP contribution is -2.32. The van der Waals surface area contributed by atoms with Gasteiger partial charge in [0.15, 0.2) is 0 Å². The standard InChI is InChI=1S/C17H18N2O6S2/c20-11-12-1-3-13(4-2-12)17(24)18-8-10-27-26-9-7-16(23)25-19-14(21)5-6-15(19)22/h1-4,11H,5-10H2,(H,18,24). The van der Waals surface area contributed by atoms with Gasteiger partial charge < -0.3 is 10.2 Å². The first kappa shape index (κ1) is 21.0. The molecule has 27 heavy (non-hydrogen) atoms. The molecule has 0 saturated carbocycles. The minimum atomic E-state index is -0.626. The summed E-state index contributed by atoms with van der Waals surface area (Å²) in [4.78, 5) is 61.5. The lowest BCUT2D eigenvalue weighted by Gasteiger charge is -2.12. The maximum absolute atomic E-state index is 11.9. The number of benzene rings is 1. The third-order valence-corrected chi connectivity index (χ3v) is 5.86. The van der Waals surface area contributed by atoms with Gasteiger partial charge in [0.2, 0.25) is 0 Å². The maximum Gasteiger partial charge on any atom is 0.334 e. The molecule has 1 aromatic carbocycles. The van der Waals surface area contributed by atoms with Gasteiger partial charge in [0, 0.05) is 42.0 Å². The van der Waals surface area contributed by atoms with Crippen LogP contribution in [0.5, 0.6) is 0 Å². The number of hydrogen-bond donors (Lipinski definition) is 1. The van der Waals surface area contributed by atoms with Gasteiger partial charge in [-0.05, 0) is 12.1 Å². The number of carbonyl (C=O) groups is 5. The van der Waals surface area contributed by atoms with Crippen molar-refractivity contribution in [3.05, 3.63) is 35.4 Å². The fraction of sp³-hybridized carbons (Fsp3) is 0.353. The van der Waals surface area contributed by atoms with Crippen molar-refractivity contribution in [1.29, 1.82) is 0 Å². The van der Waals surface area contributed by atoms with Gasteiger partial charge in [-0.1, -0.05) is 33.7 Å². The van der Waals surface area contributed by atoms with Crippen molar-refractivity contribution in [2.24, 2.45) is 0 Å². The average Bonchev–Trinajstić information content (AvgIpc) is 2.99. The van der Waals surface area contributed by atoms with E-state index in [-0.39, 0.29) is 25.2 Å². The van der Waals surface area contributed by atoms with Crippen LogP contribution in [0.2, 0.25) is 0 Å². The Balaban J connectivity index is 1.53. The third-order valence-electron chi connectivity index (χ3n) is 3.45. The summed E-state index contributed by atoms with van der Waals surface area (Å²) >= 11 is 0. The molecule has 1 aromatic rings. The predicted molar refractivity (Wildman–Crippen MR) is 101 cm³/mol. The van der Waals surface area contributed by atoms with E-state index in [4.69, 9.17) is 4.84 Å². The molecule has 10 heteroatoms. The second kappa shape index (κ2) is 10.7. The summed E-state index contributed by atoms with van der Waals surface area (Å²) in [5, 5.41) is 3.30. The lowest BCUT2D eigenvalue weighted by molar-refractivity contribution is -0.197. The first-order chi connectivity index (χ1) is 13.0. The normalized spacial score (nSPS) is 13.6. The van der Waals surface area contributed by atoms with Crippen molar-refractivity contribution < 1.29 is 28.8 Å². The number of nitrogens with zero attached hydrogens (tertiary/aromatic N) is 1. The minimum absolute atomic E-state index is 0.0731. The number of amides is 3. The van der Waals surface area contributed by atoms with Gasteiger partial charge in [0.1, 0.15) is 6.29 Å². The van der Waals surface area contributed by atoms with E-state index in [9.17, 15) is 24.0 Å². The van der Waals surface area contributed by atoms with Crippen LogP contribution in [0.15, 0.2) is 24.3 Å². The van der Waals surface area contributed by atoms with Crippen LogP contribution >= 0.6 is 21.6 Å². The number of hydroxylamine groups is 2. The van der Waals surface area contributed by atoms with Crippen LogP contribution in [0, 0.1) is 0 Å². The van der Waals surface area contributed by atoms with E-state index in [2.05, 4.69) is 5.32 Å². The molecule has 2 rings (SSSR count). The molecule has 0 spiro atoms. The third kappa shape index (κ3) is 6.72. The van der Waals surface area contributed by atoms with Gasteiger partial charge >= 0.3 is 5.97 Å². The highest BCUT2D eigenvalue weighted by molar-refractivity contribution is 8.76. The summed E-state index contributed by atoms with van der Waals surface area (Å²) in [5.74, 6) is -0.735. The SMILES string of the molecule is O=Cc1ccc(C(=O)NCCSSCCC(=O)ON2C(=O)CCC2=O)cc1. The Morgan fingerprint density at radius 1 is 1.07 bits per heavy atom. The van der Waals surface area contributed by atoms with Gasteiger partial charge in [-0.25, -0.2) is 4.79 Å². The van der Waals surface area contributed by atoms with E-state index in [1.165, 1.54) is 21.6 Å². The second-order valence-electron chi connectivity index (χ2n) is 5.43. The molecule has 1 heterocycles. The quantitative estimate of drug-likeness (QED) is 0.268. The average molecular weight is 410 g/mol. The van der Waals surface area contributed by atoms with Crippen molar-refractivity contribution >= 4 is 51.6 Å². The summed E-state index contributed by atoms with van der Waals surface area (Å²) in [7, 11) is 2.91. The Bertz CT molecular complexity index is 707. The molecule has 1 aliphatic rings. The highest BCUT2D eigenvalue weighted by Crippen LogP contribution is 2.22. The topological polar surface area (TPSA) is 110 Å². The van der Waals surface area contributed by atoms with Crippen molar-refractivity contribution in [2.75, 3.05) is 18.1 Å². The molecular weight excluding hydrogens is 392 g/mol. The molecule has 144 valence electrons. The van der Waals surface area contributed by atoms with E-state index in [0.717, 1.165) is 0 Å². The molecule has 0 radical (unpaired) electrons. The number of rotatable bonds is 10. The van der Waals surface area contributed by atoms with Crippen LogP contribution in [-0.2, 0) is 19.2 Å². The number of imide groups is 1. The van der Waals surface area contributed by atoms with E-state index >= 15 is 0 Å². The molecule has 1 aliphatic heterocycles. The monoisotopic (exact) mass is 410 g/mol. The smallest absolute Gasteiger partial charge is 0.334 e. The van der Waals surface area contributed by atoms with Crippen LogP contribution < -0.4 is 5.32 Å². The first-order valence-electron chi connectivity index (χ1n) is 8.15. The van der Waals surface area contributed by atoms with Crippen LogP contribution in [0.4, 0.5) is 0 Å². The Hall–Kier alpha value is -2.33. The molecule has 1 saturated heterocycles. The largest absolute Gasteiger partial charge is 0.351 e. The summed E-state index contributed by atoms with van der Waals surface area (Å²) in [6.45, 7) is 0.452. The molecule has 3 amide bonds. The number of aldehydes is 1. The zero-order valence-corrected chi connectivity index (χ0v) is 16.0. The van der Waals surface area contributed by atoms with E-state index < -0.39 is 17.8 Å². The molecule has 1 fully saturated rings. The number of carbonyl (C=O) groups excluding carboxylic acids is 5. The summed E-state index contributed by atoms with van der Waals surface area (Å²) < 4.78 is 0. The van der Waals surface area contributed by atoms with Crippen LogP contribution in [-0.4, -0.2) is 53.1 Å². The fourth-order valence-corrected chi connectivity index (χ4v) is 3.95. The Morgan fingerprint density at radius 2 is 1.70 bits per heavy atom. The molecule has 0 aliphatic carbocycles. The van der Waals surface area contributed by atoms with Crippen molar-refractivity contribution in [2.45, 2.75) is 19.3 Å². The molecule has 1 N–H and O–H groups in total. The van der Waals surface area contributed by atoms with Gasteiger partial charge in [-0.3, -0.25) is 19.2 Å². The summed E-state index contributed by atoms with van der Waals surface area (Å²) in [6, 6.07) is 6.33. The number of nitrogens with one attached hydrogen (secondary N) is 1. The molecule has 0 aromatic heterocycles. The van der Waals surface area contributed by atoms with Gasteiger partial charge in [-0.15, -0.1) is 5.06 Å². The highest BCUT2D eigenvalue weighted by atomic mass is 33.1. The van der Waals surface area contributed by atoms with Crippen LogP contribution in [0.25, 0.3) is 0 Å². The molecule has 0 bridgehead atoms. The molecule has 0 unspecified atom stereocenters. The summed E-state index contributed by atoms with van der Waals surface area (Å²) in [6.07, 6.45) is 0.934. The highest BCUT2D eigenvalue weighted by Gasteiger charge is 2.32. The summed E-state index contributed by atoms with van der Waals surface area (Å²) in [5.41, 5.74) is 0.988. The van der Waals surface area contributed by atoms with Crippen molar-refractivity contribution in [3.63, 3.8) is 0 Å². The van der Waals surface area contributed by atoms with E-state index in [0.29, 0.717) is 40.5 Å². The van der Waals surface area contributed by atoms with Crippen molar-refractivity contribution in [1.82, 2.24) is 10.4 Å². The molecule has 8 nitrogen and oxygen atoms in total.